The molecule has 0 N–H and O–H groups in total. The number of nitrogens with zero attached hydrogens (tertiary/aromatic N) is 3. The fourth-order valence-corrected chi connectivity index (χ4v) is 18.3. The highest BCUT2D eigenvalue weighted by Crippen LogP contribution is 2.63. The Morgan fingerprint density at radius 2 is 1.11 bits per heavy atom. The third-order valence-corrected chi connectivity index (χ3v) is 23.4. The molecule has 1 aromatic heterocycles. The summed E-state index contributed by atoms with van der Waals surface area (Å²) in [5.74, 6) is 0. The van der Waals surface area contributed by atoms with Crippen LogP contribution in [0.15, 0.2) is 170 Å². The zero-order valence-electron chi connectivity index (χ0n) is 52.1. The van der Waals surface area contributed by atoms with Gasteiger partial charge in [0.05, 0.1) is 22.6 Å². The van der Waals surface area contributed by atoms with E-state index in [0.717, 1.165) is 38.5 Å². The van der Waals surface area contributed by atoms with Gasteiger partial charge in [-0.25, -0.2) is 0 Å². The summed E-state index contributed by atoms with van der Waals surface area (Å²) < 4.78 is 2.65. The van der Waals surface area contributed by atoms with E-state index < -0.39 is 0 Å². The van der Waals surface area contributed by atoms with E-state index in [1.54, 1.807) is 0 Å². The maximum atomic E-state index is 2.89. The molecule has 6 aliphatic rings. The van der Waals surface area contributed by atoms with Crippen molar-refractivity contribution in [3.05, 3.63) is 209 Å². The summed E-state index contributed by atoms with van der Waals surface area (Å²) in [4.78, 5) is 8.51. The molecule has 10 aromatic rings. The summed E-state index contributed by atoms with van der Waals surface area (Å²) in [7, 11) is 0. The van der Waals surface area contributed by atoms with Crippen LogP contribution in [-0.2, 0) is 39.9 Å². The fraction of sp³-hybridized carbons (Fsp3) is 0.325. The van der Waals surface area contributed by atoms with Crippen molar-refractivity contribution in [2.24, 2.45) is 0 Å². The molecule has 0 spiro atoms. The first-order chi connectivity index (χ1) is 40.6. The highest BCUT2D eigenvalue weighted by Gasteiger charge is 2.59. The molecule has 3 nitrogen and oxygen atoms in total. The fourth-order valence-electron chi connectivity index (χ4n) is 17.2. The topological polar surface area (TPSA) is 9.72 Å². The summed E-state index contributed by atoms with van der Waals surface area (Å²) in [6.07, 6.45) is 9.09. The number of hydrogen-bond donors (Lipinski definition) is 0. The second-order valence-electron chi connectivity index (χ2n) is 30.1. The van der Waals surface area contributed by atoms with E-state index in [2.05, 4.69) is 268 Å². The number of thiophene rings is 1. The van der Waals surface area contributed by atoms with Crippen molar-refractivity contribution in [2.45, 2.75) is 167 Å². The maximum absolute atomic E-state index is 2.89. The quantitative estimate of drug-likeness (QED) is 0.163. The minimum Gasteiger partial charge on any atom is -0.334 e. The largest absolute Gasteiger partial charge is 0.334 e. The first-order valence-corrected chi connectivity index (χ1v) is 32.7. The molecule has 0 amide bonds. The SMILES string of the molecule is CC(C)(C)c1ccc(N2c3cc(N4c5ccc(C(C)(C)C)cc5C5(C)CCCCC45C)cc4c3B(c3cc5c(cc3N4c3cccc4c3-c3ccccc3CC4)C(C)(C)CCC5(C)C)c3ccc4sc5ccccc5c4c32)c(-c2ccccc2)c1. The zero-order chi connectivity index (χ0) is 58.5. The Hall–Kier alpha value is -7.34. The van der Waals surface area contributed by atoms with E-state index >= 15 is 0 Å². The van der Waals surface area contributed by atoms with Gasteiger partial charge >= 0.3 is 0 Å². The molecule has 2 unspecified atom stereocenters. The minimum atomic E-state index is -0.195. The predicted molar refractivity (Wildman–Crippen MR) is 367 cm³/mol. The van der Waals surface area contributed by atoms with E-state index in [1.807, 2.05) is 11.3 Å². The summed E-state index contributed by atoms with van der Waals surface area (Å²) >= 11 is 1.94. The highest BCUT2D eigenvalue weighted by atomic mass is 32.1. The molecule has 5 heteroatoms. The van der Waals surface area contributed by atoms with Crippen LogP contribution in [0.25, 0.3) is 42.4 Å². The zero-order valence-corrected chi connectivity index (χ0v) is 53.0. The summed E-state index contributed by atoms with van der Waals surface area (Å²) in [5, 5.41) is 2.67. The van der Waals surface area contributed by atoms with Gasteiger partial charge in [-0.05, 0) is 188 Å². The highest BCUT2D eigenvalue weighted by molar-refractivity contribution is 7.26. The van der Waals surface area contributed by atoms with Gasteiger partial charge in [-0.1, -0.05) is 204 Å². The lowest BCUT2D eigenvalue weighted by molar-refractivity contribution is 0.195. The van der Waals surface area contributed by atoms with Crippen LogP contribution < -0.4 is 31.1 Å². The lowest BCUT2D eigenvalue weighted by Gasteiger charge is -2.51. The molecule has 9 aromatic carbocycles. The normalized spacial score (nSPS) is 20.5. The number of benzene rings is 9. The third-order valence-electron chi connectivity index (χ3n) is 22.3. The molecule has 85 heavy (non-hydrogen) atoms. The van der Waals surface area contributed by atoms with Gasteiger partial charge < -0.3 is 14.7 Å². The van der Waals surface area contributed by atoms with Crippen molar-refractivity contribution in [3.8, 4) is 22.3 Å². The Kier molecular flexibility index (Phi) is 11.3. The maximum Gasteiger partial charge on any atom is 0.252 e. The number of anilines is 8. The molecule has 2 atom stereocenters. The first-order valence-electron chi connectivity index (χ1n) is 31.9. The molecule has 3 aliphatic carbocycles. The van der Waals surface area contributed by atoms with Crippen LogP contribution in [0.3, 0.4) is 0 Å². The monoisotopic (exact) mass is 1130 g/mol. The summed E-state index contributed by atoms with van der Waals surface area (Å²) in [5.41, 5.74) is 29.5. The summed E-state index contributed by atoms with van der Waals surface area (Å²) in [6.45, 7) is 29.5. The molecule has 4 heterocycles. The molecule has 1 saturated carbocycles. The Bertz CT molecular complexity index is 4470. The third kappa shape index (κ3) is 7.57. The van der Waals surface area contributed by atoms with Gasteiger partial charge in [-0.2, -0.15) is 0 Å². The minimum absolute atomic E-state index is 0.00292. The second-order valence-corrected chi connectivity index (χ2v) is 31.2. The van der Waals surface area contributed by atoms with Crippen LogP contribution in [0, 0.1) is 0 Å². The Morgan fingerprint density at radius 3 is 1.87 bits per heavy atom. The number of aryl methyl sites for hydroxylation is 2. The predicted octanol–water partition coefficient (Wildman–Crippen LogP) is 20.3. The van der Waals surface area contributed by atoms with Crippen LogP contribution in [0.1, 0.15) is 161 Å². The Balaban J connectivity index is 1.11. The van der Waals surface area contributed by atoms with E-state index in [-0.39, 0.29) is 39.3 Å². The van der Waals surface area contributed by atoms with E-state index in [4.69, 9.17) is 0 Å². The van der Waals surface area contributed by atoms with Crippen LogP contribution in [0.2, 0.25) is 0 Å². The molecule has 1 fully saturated rings. The van der Waals surface area contributed by atoms with E-state index in [9.17, 15) is 0 Å². The smallest absolute Gasteiger partial charge is 0.252 e. The number of hydrogen-bond acceptors (Lipinski definition) is 4. The van der Waals surface area contributed by atoms with Crippen molar-refractivity contribution >= 4 is 100 Å². The van der Waals surface area contributed by atoms with Gasteiger partial charge in [0.25, 0.3) is 6.71 Å². The number of rotatable bonds is 4. The van der Waals surface area contributed by atoms with E-state index in [1.165, 1.54) is 156 Å². The molecular formula is C80H80BN3S. The number of fused-ring (bicyclic) bond motifs is 15. The molecule has 0 saturated heterocycles. The van der Waals surface area contributed by atoms with Crippen molar-refractivity contribution in [1.82, 2.24) is 0 Å². The Morgan fingerprint density at radius 1 is 0.459 bits per heavy atom. The van der Waals surface area contributed by atoms with Crippen LogP contribution in [-0.4, -0.2) is 12.3 Å². The van der Waals surface area contributed by atoms with Crippen LogP contribution >= 0.6 is 11.3 Å². The van der Waals surface area contributed by atoms with Gasteiger partial charge in [0, 0.05) is 65.2 Å². The lowest BCUT2D eigenvalue weighted by Crippen LogP contribution is -2.62. The van der Waals surface area contributed by atoms with E-state index in [0.29, 0.717) is 0 Å². The van der Waals surface area contributed by atoms with Gasteiger partial charge in [0.2, 0.25) is 0 Å². The molecule has 0 radical (unpaired) electrons. The molecule has 424 valence electrons. The molecule has 3 aliphatic heterocycles. The average Bonchev–Trinajstić information content (AvgIpc) is 1.68. The Labute approximate surface area is 509 Å². The van der Waals surface area contributed by atoms with Gasteiger partial charge in [-0.15, -0.1) is 11.3 Å². The van der Waals surface area contributed by atoms with Gasteiger partial charge in [-0.3, -0.25) is 0 Å². The molecule has 0 bridgehead atoms. The van der Waals surface area contributed by atoms with Crippen molar-refractivity contribution in [2.75, 3.05) is 14.7 Å². The van der Waals surface area contributed by atoms with Crippen LogP contribution in [0.5, 0.6) is 0 Å². The van der Waals surface area contributed by atoms with Crippen molar-refractivity contribution < 1.29 is 0 Å². The second kappa shape index (κ2) is 18.1. The molecule has 16 rings (SSSR count). The van der Waals surface area contributed by atoms with Crippen LogP contribution in [0.4, 0.5) is 45.5 Å². The standard InChI is InChI=1S/C80H80BN3S/c1-75(2,3)52-33-36-63(57(43-52)49-23-14-13-15-24-49)83-68-46-54(84-64-37-34-53(76(4,5)6)44-60(64)79(11)39-20-21-40-80(79,84)12)45-67-73(68)81(61-35-38-70-72(74(61)83)56-28-18-19-30-69(56)85-70)62-47-58-59(78(9,10)42-41-77(58,7)8)48-66(62)82(67)65-29-22-26-51-32-31-50-25-16-17-27-55(50)71(51)65/h13-19,22-30,33-38,43-48H,20-21,31-32,39-42H2,1-12H3. The van der Waals surface area contributed by atoms with Gasteiger partial charge in [0.15, 0.2) is 0 Å². The summed E-state index contributed by atoms with van der Waals surface area (Å²) in [6, 6.07) is 68.1. The molecular weight excluding hydrogens is 1050 g/mol. The lowest BCUT2D eigenvalue weighted by atomic mass is 9.33. The average molecular weight is 1130 g/mol. The van der Waals surface area contributed by atoms with Crippen molar-refractivity contribution in [1.29, 1.82) is 0 Å². The first kappa shape index (κ1) is 53.2. The van der Waals surface area contributed by atoms with Crippen molar-refractivity contribution in [3.63, 3.8) is 0 Å². The van der Waals surface area contributed by atoms with Gasteiger partial charge in [0.1, 0.15) is 0 Å².